The number of rotatable bonds is 4. The van der Waals surface area contributed by atoms with Crippen molar-refractivity contribution in [1.29, 1.82) is 0 Å². The molecule has 0 bridgehead atoms. The molecular weight excluding hydrogens is 218 g/mol. The molecule has 0 atom stereocenters. The highest BCUT2D eigenvalue weighted by molar-refractivity contribution is 5.52. The van der Waals surface area contributed by atoms with Gasteiger partial charge in [0, 0.05) is 0 Å². The maximum Gasteiger partial charge on any atom is 0.108 e. The number of nitroso groups, excluding NO2 is 2. The van der Waals surface area contributed by atoms with E-state index in [-0.39, 0.29) is 6.04 Å². The molecule has 5 heteroatoms. The summed E-state index contributed by atoms with van der Waals surface area (Å²) < 4.78 is 0. The Morgan fingerprint density at radius 2 is 1.65 bits per heavy atom. The van der Waals surface area contributed by atoms with Gasteiger partial charge in [0.15, 0.2) is 0 Å². The standard InChI is InChI=1S/C12H15N3O2/c16-13-10-6-8-12(9-7-10)15(14-17)11-4-2-1-3-5-11/h6-9,11H,1-5H2. The minimum atomic E-state index is 0.191. The molecule has 1 aromatic carbocycles. The molecule has 17 heavy (non-hydrogen) atoms. The lowest BCUT2D eigenvalue weighted by atomic mass is 9.95. The van der Waals surface area contributed by atoms with Crippen LogP contribution in [-0.4, -0.2) is 6.04 Å². The molecule has 5 nitrogen and oxygen atoms in total. The van der Waals surface area contributed by atoms with E-state index < -0.39 is 0 Å². The first-order chi connectivity index (χ1) is 8.35. The summed E-state index contributed by atoms with van der Waals surface area (Å²) in [6.45, 7) is 0. The lowest BCUT2D eigenvalue weighted by Gasteiger charge is -2.29. The summed E-state index contributed by atoms with van der Waals surface area (Å²) in [7, 11) is 0. The quantitative estimate of drug-likeness (QED) is 0.585. The van der Waals surface area contributed by atoms with Crippen molar-refractivity contribution in [1.82, 2.24) is 0 Å². The van der Waals surface area contributed by atoms with Crippen molar-refractivity contribution in [2.45, 2.75) is 38.1 Å². The third-order valence-electron chi connectivity index (χ3n) is 3.23. The van der Waals surface area contributed by atoms with Crippen molar-refractivity contribution >= 4 is 11.4 Å². The highest BCUT2D eigenvalue weighted by atomic mass is 16.3. The van der Waals surface area contributed by atoms with Crippen LogP contribution in [0.3, 0.4) is 0 Å². The van der Waals surface area contributed by atoms with E-state index in [1.807, 2.05) is 0 Å². The first-order valence-electron chi connectivity index (χ1n) is 5.91. The van der Waals surface area contributed by atoms with Crippen molar-refractivity contribution in [3.63, 3.8) is 0 Å². The molecule has 0 spiro atoms. The smallest absolute Gasteiger partial charge is 0.108 e. The highest BCUT2D eigenvalue weighted by Gasteiger charge is 2.22. The van der Waals surface area contributed by atoms with Crippen LogP contribution in [0.5, 0.6) is 0 Å². The number of benzene rings is 1. The van der Waals surface area contributed by atoms with E-state index in [0.717, 1.165) is 31.4 Å². The SMILES string of the molecule is O=Nc1ccc(N(N=O)C2CCCCC2)cc1. The highest BCUT2D eigenvalue weighted by Crippen LogP contribution is 2.28. The third-order valence-corrected chi connectivity index (χ3v) is 3.23. The molecule has 0 heterocycles. The zero-order valence-corrected chi connectivity index (χ0v) is 9.58. The van der Waals surface area contributed by atoms with E-state index in [2.05, 4.69) is 10.5 Å². The minimum absolute atomic E-state index is 0.191. The predicted octanol–water partition coefficient (Wildman–Crippen LogP) is 3.91. The monoisotopic (exact) mass is 233 g/mol. The van der Waals surface area contributed by atoms with Gasteiger partial charge in [-0.2, -0.15) is 0 Å². The molecule has 1 aliphatic carbocycles. The number of hydrogen-bond acceptors (Lipinski definition) is 4. The molecule has 1 aromatic rings. The number of hydrogen-bond donors (Lipinski definition) is 0. The Balaban J connectivity index is 2.15. The van der Waals surface area contributed by atoms with E-state index in [4.69, 9.17) is 0 Å². The fraction of sp³-hybridized carbons (Fsp3) is 0.500. The number of anilines is 1. The summed E-state index contributed by atoms with van der Waals surface area (Å²) >= 11 is 0. The van der Waals surface area contributed by atoms with Crippen LogP contribution in [0.25, 0.3) is 0 Å². The summed E-state index contributed by atoms with van der Waals surface area (Å²) in [6.07, 6.45) is 5.52. The molecule has 1 aliphatic rings. The third kappa shape index (κ3) is 2.67. The molecule has 1 fully saturated rings. The van der Waals surface area contributed by atoms with E-state index in [9.17, 15) is 9.81 Å². The maximum absolute atomic E-state index is 10.9. The van der Waals surface area contributed by atoms with Crippen LogP contribution in [0.4, 0.5) is 11.4 Å². The van der Waals surface area contributed by atoms with Crippen LogP contribution >= 0.6 is 0 Å². The Bertz CT molecular complexity index is 385. The molecule has 0 amide bonds. The average Bonchev–Trinajstić information content (AvgIpc) is 2.42. The van der Waals surface area contributed by atoms with Crippen LogP contribution in [0, 0.1) is 9.81 Å². The van der Waals surface area contributed by atoms with Gasteiger partial charge in [0.05, 0.1) is 17.0 Å². The lowest BCUT2D eigenvalue weighted by Crippen LogP contribution is -2.32. The van der Waals surface area contributed by atoms with E-state index >= 15 is 0 Å². The lowest BCUT2D eigenvalue weighted by molar-refractivity contribution is 0.418. The molecular formula is C12H15N3O2. The van der Waals surface area contributed by atoms with Crippen molar-refractivity contribution in [2.75, 3.05) is 5.01 Å². The summed E-state index contributed by atoms with van der Waals surface area (Å²) in [5, 5.41) is 7.47. The molecule has 90 valence electrons. The Morgan fingerprint density at radius 3 is 2.18 bits per heavy atom. The molecule has 1 saturated carbocycles. The molecule has 0 aliphatic heterocycles. The normalized spacial score (nSPS) is 16.5. The topological polar surface area (TPSA) is 62.1 Å². The van der Waals surface area contributed by atoms with Gasteiger partial charge in [-0.15, -0.1) is 9.81 Å². The van der Waals surface area contributed by atoms with Gasteiger partial charge >= 0.3 is 0 Å². The largest absolute Gasteiger partial charge is 0.226 e. The minimum Gasteiger partial charge on any atom is -0.226 e. The Labute approximate surface area is 99.7 Å². The zero-order chi connectivity index (χ0) is 12.1. The second-order valence-electron chi connectivity index (χ2n) is 4.33. The summed E-state index contributed by atoms with van der Waals surface area (Å²) in [5.41, 5.74) is 1.10. The Morgan fingerprint density at radius 1 is 1.00 bits per heavy atom. The second-order valence-corrected chi connectivity index (χ2v) is 4.33. The first-order valence-corrected chi connectivity index (χ1v) is 5.91. The van der Waals surface area contributed by atoms with Crippen LogP contribution in [0.2, 0.25) is 0 Å². The number of nitrogens with zero attached hydrogens (tertiary/aromatic N) is 3. The van der Waals surface area contributed by atoms with Crippen molar-refractivity contribution in [3.8, 4) is 0 Å². The van der Waals surface area contributed by atoms with Crippen LogP contribution in [0.1, 0.15) is 32.1 Å². The molecule has 0 aromatic heterocycles. The van der Waals surface area contributed by atoms with Crippen molar-refractivity contribution < 1.29 is 0 Å². The van der Waals surface area contributed by atoms with Gasteiger partial charge in [0.25, 0.3) is 0 Å². The summed E-state index contributed by atoms with van der Waals surface area (Å²) in [6, 6.07) is 6.82. The Hall–Kier alpha value is -1.78. The summed E-state index contributed by atoms with van der Waals surface area (Å²) in [5.74, 6) is 0. The van der Waals surface area contributed by atoms with Crippen LogP contribution in [-0.2, 0) is 0 Å². The van der Waals surface area contributed by atoms with Gasteiger partial charge in [-0.05, 0) is 42.3 Å². The van der Waals surface area contributed by atoms with Gasteiger partial charge in [-0.1, -0.05) is 19.3 Å². The second kappa shape index (κ2) is 5.52. The van der Waals surface area contributed by atoms with Gasteiger partial charge in [0.1, 0.15) is 5.69 Å². The van der Waals surface area contributed by atoms with Crippen LogP contribution < -0.4 is 5.01 Å². The molecule has 2 rings (SSSR count). The Kier molecular flexibility index (Phi) is 3.80. The summed E-state index contributed by atoms with van der Waals surface area (Å²) in [4.78, 5) is 21.3. The van der Waals surface area contributed by atoms with E-state index in [1.54, 1.807) is 24.3 Å². The molecule has 0 unspecified atom stereocenters. The van der Waals surface area contributed by atoms with Gasteiger partial charge in [-0.25, -0.2) is 5.01 Å². The molecule has 0 saturated heterocycles. The van der Waals surface area contributed by atoms with E-state index in [1.165, 1.54) is 11.4 Å². The zero-order valence-electron chi connectivity index (χ0n) is 9.58. The van der Waals surface area contributed by atoms with Gasteiger partial charge in [0.2, 0.25) is 0 Å². The fourth-order valence-electron chi connectivity index (χ4n) is 2.32. The van der Waals surface area contributed by atoms with E-state index in [0.29, 0.717) is 5.69 Å². The van der Waals surface area contributed by atoms with Gasteiger partial charge < -0.3 is 0 Å². The van der Waals surface area contributed by atoms with Crippen molar-refractivity contribution in [3.05, 3.63) is 34.1 Å². The predicted molar refractivity (Wildman–Crippen MR) is 67.0 cm³/mol. The first kappa shape index (κ1) is 11.7. The van der Waals surface area contributed by atoms with Gasteiger partial charge in [-0.3, -0.25) is 0 Å². The van der Waals surface area contributed by atoms with Crippen molar-refractivity contribution in [2.24, 2.45) is 10.5 Å². The average molecular weight is 233 g/mol. The maximum atomic E-state index is 10.9. The fourth-order valence-corrected chi connectivity index (χ4v) is 2.32. The molecule has 0 N–H and O–H groups in total. The van der Waals surface area contributed by atoms with Crippen LogP contribution in [0.15, 0.2) is 34.7 Å². The molecule has 0 radical (unpaired) electrons.